The van der Waals surface area contributed by atoms with Gasteiger partial charge in [0.15, 0.2) is 0 Å². The highest BCUT2D eigenvalue weighted by Crippen LogP contribution is 2.42. The summed E-state index contributed by atoms with van der Waals surface area (Å²) in [5, 5.41) is 3.44. The Kier molecular flexibility index (Phi) is 4.39. The topological polar surface area (TPSA) is 32.3 Å². The third kappa shape index (κ3) is 3.30. The Hall–Kier alpha value is -1.35. The summed E-state index contributed by atoms with van der Waals surface area (Å²) in [5.41, 5.74) is 2.26. The van der Waals surface area contributed by atoms with E-state index in [0.29, 0.717) is 17.9 Å². The highest BCUT2D eigenvalue weighted by Gasteiger charge is 2.33. The zero-order valence-corrected chi connectivity index (χ0v) is 14.0. The van der Waals surface area contributed by atoms with Crippen molar-refractivity contribution < 1.29 is 4.79 Å². The van der Waals surface area contributed by atoms with Gasteiger partial charge in [-0.3, -0.25) is 4.79 Å². The summed E-state index contributed by atoms with van der Waals surface area (Å²) in [5.74, 6) is 1.63. The lowest BCUT2D eigenvalue weighted by molar-refractivity contribution is 0.0657. The van der Waals surface area contributed by atoms with Crippen LogP contribution in [-0.2, 0) is 0 Å². The molecule has 1 atom stereocenters. The van der Waals surface area contributed by atoms with Crippen molar-refractivity contribution in [2.45, 2.75) is 56.9 Å². The number of nitrogens with zero attached hydrogens (tertiary/aromatic N) is 1. The minimum absolute atomic E-state index is 0.285. The molecule has 2 aliphatic carbocycles. The molecule has 1 aromatic rings. The first-order valence-electron chi connectivity index (χ1n) is 9.43. The molecular formula is C20H28N2O. The van der Waals surface area contributed by atoms with Crippen molar-refractivity contribution in [2.75, 3.05) is 19.6 Å². The molecule has 0 spiro atoms. The number of benzene rings is 1. The number of nitrogens with one attached hydrogen (secondary N) is 1. The molecule has 1 unspecified atom stereocenters. The maximum atomic E-state index is 13.4. The minimum atomic E-state index is 0.285. The average molecular weight is 312 g/mol. The van der Waals surface area contributed by atoms with Crippen LogP contribution in [0.4, 0.5) is 0 Å². The first-order valence-corrected chi connectivity index (χ1v) is 9.43. The van der Waals surface area contributed by atoms with E-state index in [1.165, 1.54) is 44.1 Å². The van der Waals surface area contributed by atoms with Gasteiger partial charge in [0.2, 0.25) is 0 Å². The summed E-state index contributed by atoms with van der Waals surface area (Å²) in [7, 11) is 0. The van der Waals surface area contributed by atoms with Gasteiger partial charge in [-0.05, 0) is 62.1 Å². The quantitative estimate of drug-likeness (QED) is 0.901. The standard InChI is InChI=1S/C20H28N2O/c23-20(19-8-4-3-7-18(19)16-9-10-16)22(17-11-12-21-13-17)14-15-5-1-2-6-15/h3-4,7-8,15-17,21H,1-2,5-6,9-14H2. The molecule has 3 aliphatic rings. The van der Waals surface area contributed by atoms with E-state index in [4.69, 9.17) is 0 Å². The maximum Gasteiger partial charge on any atom is 0.254 e. The molecule has 1 saturated heterocycles. The summed E-state index contributed by atoms with van der Waals surface area (Å²) in [6.45, 7) is 2.97. The molecule has 1 aromatic carbocycles. The molecule has 0 radical (unpaired) electrons. The Morgan fingerprint density at radius 3 is 2.57 bits per heavy atom. The zero-order chi connectivity index (χ0) is 15.6. The van der Waals surface area contributed by atoms with Crippen LogP contribution in [0.25, 0.3) is 0 Å². The summed E-state index contributed by atoms with van der Waals surface area (Å²) < 4.78 is 0. The smallest absolute Gasteiger partial charge is 0.254 e. The Bertz CT molecular complexity index is 555. The summed E-state index contributed by atoms with van der Waals surface area (Å²) in [4.78, 5) is 15.6. The molecule has 2 saturated carbocycles. The molecule has 0 bridgehead atoms. The molecule has 124 valence electrons. The molecule has 1 aliphatic heterocycles. The molecule has 0 aromatic heterocycles. The van der Waals surface area contributed by atoms with Crippen LogP contribution >= 0.6 is 0 Å². The molecule has 3 heteroatoms. The average Bonchev–Trinajstić information content (AvgIpc) is 3.06. The number of hydrogen-bond donors (Lipinski definition) is 1. The first kappa shape index (κ1) is 15.2. The van der Waals surface area contributed by atoms with Crippen LogP contribution in [0.3, 0.4) is 0 Å². The van der Waals surface area contributed by atoms with Gasteiger partial charge in [-0.15, -0.1) is 0 Å². The van der Waals surface area contributed by atoms with Gasteiger partial charge in [-0.1, -0.05) is 31.0 Å². The van der Waals surface area contributed by atoms with Gasteiger partial charge < -0.3 is 10.2 Å². The fourth-order valence-electron chi connectivity index (χ4n) is 4.37. The Labute approximate surface area is 139 Å². The predicted molar refractivity (Wildman–Crippen MR) is 92.7 cm³/mol. The van der Waals surface area contributed by atoms with Crippen LogP contribution in [0.2, 0.25) is 0 Å². The second kappa shape index (κ2) is 6.64. The summed E-state index contributed by atoms with van der Waals surface area (Å²) in [6, 6.07) is 8.73. The molecule has 1 amide bonds. The largest absolute Gasteiger partial charge is 0.334 e. The van der Waals surface area contributed by atoms with Gasteiger partial charge in [0, 0.05) is 24.7 Å². The van der Waals surface area contributed by atoms with Crippen LogP contribution in [0.5, 0.6) is 0 Å². The number of carbonyl (C=O) groups excluding carboxylic acids is 1. The van der Waals surface area contributed by atoms with Crippen molar-refractivity contribution in [1.82, 2.24) is 10.2 Å². The Morgan fingerprint density at radius 2 is 1.87 bits per heavy atom. The SMILES string of the molecule is O=C(c1ccccc1C1CC1)N(CC1CCCC1)C1CCNC1. The summed E-state index contributed by atoms with van der Waals surface area (Å²) in [6.07, 6.45) is 8.88. The minimum Gasteiger partial charge on any atom is -0.334 e. The fourth-order valence-corrected chi connectivity index (χ4v) is 4.37. The van der Waals surface area contributed by atoms with Crippen molar-refractivity contribution in [3.8, 4) is 0 Å². The molecular weight excluding hydrogens is 284 g/mol. The molecule has 1 heterocycles. The lowest BCUT2D eigenvalue weighted by Crippen LogP contribution is -2.44. The summed E-state index contributed by atoms with van der Waals surface area (Å²) >= 11 is 0. The van der Waals surface area contributed by atoms with Gasteiger partial charge in [-0.2, -0.15) is 0 Å². The lowest BCUT2D eigenvalue weighted by Gasteiger charge is -2.32. The number of amides is 1. The van der Waals surface area contributed by atoms with Gasteiger partial charge >= 0.3 is 0 Å². The normalized spacial score (nSPS) is 25.0. The van der Waals surface area contributed by atoms with Crippen LogP contribution in [-0.4, -0.2) is 36.5 Å². The highest BCUT2D eigenvalue weighted by molar-refractivity contribution is 5.96. The number of carbonyl (C=O) groups is 1. The molecule has 3 nitrogen and oxygen atoms in total. The van der Waals surface area contributed by atoms with Gasteiger partial charge in [0.25, 0.3) is 5.91 Å². The third-order valence-corrected chi connectivity index (χ3v) is 5.87. The van der Waals surface area contributed by atoms with E-state index in [9.17, 15) is 4.79 Å². The van der Waals surface area contributed by atoms with E-state index in [1.807, 2.05) is 6.07 Å². The second-order valence-corrected chi connectivity index (χ2v) is 7.62. The fraction of sp³-hybridized carbons (Fsp3) is 0.650. The lowest BCUT2D eigenvalue weighted by atomic mass is 9.99. The predicted octanol–water partition coefficient (Wildman–Crippen LogP) is 3.56. The van der Waals surface area contributed by atoms with Crippen molar-refractivity contribution >= 4 is 5.91 Å². The van der Waals surface area contributed by atoms with E-state index in [2.05, 4.69) is 28.4 Å². The van der Waals surface area contributed by atoms with Gasteiger partial charge in [0.05, 0.1) is 0 Å². The molecule has 1 N–H and O–H groups in total. The van der Waals surface area contributed by atoms with E-state index in [-0.39, 0.29) is 5.91 Å². The van der Waals surface area contributed by atoms with Crippen molar-refractivity contribution in [1.29, 1.82) is 0 Å². The third-order valence-electron chi connectivity index (χ3n) is 5.87. The van der Waals surface area contributed by atoms with Crippen molar-refractivity contribution in [3.05, 3.63) is 35.4 Å². The molecule has 4 rings (SSSR count). The number of rotatable bonds is 5. The van der Waals surface area contributed by atoms with E-state index < -0.39 is 0 Å². The maximum absolute atomic E-state index is 13.4. The van der Waals surface area contributed by atoms with Gasteiger partial charge in [0.1, 0.15) is 0 Å². The zero-order valence-electron chi connectivity index (χ0n) is 14.0. The van der Waals surface area contributed by atoms with Crippen molar-refractivity contribution in [2.24, 2.45) is 5.92 Å². The van der Waals surface area contributed by atoms with E-state index in [0.717, 1.165) is 31.6 Å². The Balaban J connectivity index is 1.58. The van der Waals surface area contributed by atoms with Gasteiger partial charge in [-0.25, -0.2) is 0 Å². The van der Waals surface area contributed by atoms with Crippen LogP contribution in [0, 0.1) is 5.92 Å². The molecule has 3 fully saturated rings. The van der Waals surface area contributed by atoms with Crippen LogP contribution < -0.4 is 5.32 Å². The first-order chi connectivity index (χ1) is 11.3. The monoisotopic (exact) mass is 312 g/mol. The van der Waals surface area contributed by atoms with Crippen LogP contribution in [0.15, 0.2) is 24.3 Å². The Morgan fingerprint density at radius 1 is 1.09 bits per heavy atom. The highest BCUT2D eigenvalue weighted by atomic mass is 16.2. The van der Waals surface area contributed by atoms with Crippen molar-refractivity contribution in [3.63, 3.8) is 0 Å². The second-order valence-electron chi connectivity index (χ2n) is 7.62. The van der Waals surface area contributed by atoms with Crippen LogP contribution in [0.1, 0.15) is 66.8 Å². The van der Waals surface area contributed by atoms with E-state index >= 15 is 0 Å². The van der Waals surface area contributed by atoms with E-state index in [1.54, 1.807) is 0 Å². The molecule has 23 heavy (non-hydrogen) atoms. The number of hydrogen-bond acceptors (Lipinski definition) is 2.